The van der Waals surface area contributed by atoms with Crippen LogP contribution in [0.5, 0.6) is 0 Å². The summed E-state index contributed by atoms with van der Waals surface area (Å²) in [6.45, 7) is 4.01. The van der Waals surface area contributed by atoms with Crippen molar-refractivity contribution in [1.82, 2.24) is 4.98 Å². The quantitative estimate of drug-likeness (QED) is 0.917. The normalized spacial score (nSPS) is 10.3. The first-order chi connectivity index (χ1) is 8.06. The highest BCUT2D eigenvalue weighted by Gasteiger charge is 2.09. The number of halogens is 1. The fourth-order valence-electron chi connectivity index (χ4n) is 1.36. The number of benzene rings is 1. The van der Waals surface area contributed by atoms with E-state index in [1.54, 1.807) is 6.20 Å². The van der Waals surface area contributed by atoms with Crippen molar-refractivity contribution in [2.24, 2.45) is 0 Å². The van der Waals surface area contributed by atoms with Crippen molar-refractivity contribution in [3.8, 4) is 0 Å². The van der Waals surface area contributed by atoms with Gasteiger partial charge in [-0.25, -0.2) is 4.98 Å². The number of amides is 1. The SMILES string of the molecule is Cc1ccc(C(=O)Nc2ncc(Br)s2)cc1C. The van der Waals surface area contributed by atoms with Crippen molar-refractivity contribution in [2.45, 2.75) is 13.8 Å². The third-order valence-electron chi connectivity index (χ3n) is 2.47. The molecule has 17 heavy (non-hydrogen) atoms. The molecule has 1 aromatic heterocycles. The van der Waals surface area contributed by atoms with E-state index in [4.69, 9.17) is 0 Å². The predicted molar refractivity (Wildman–Crippen MR) is 73.7 cm³/mol. The summed E-state index contributed by atoms with van der Waals surface area (Å²) in [4.78, 5) is 16.0. The smallest absolute Gasteiger partial charge is 0.257 e. The van der Waals surface area contributed by atoms with Crippen LogP contribution in [0.2, 0.25) is 0 Å². The first kappa shape index (κ1) is 12.3. The van der Waals surface area contributed by atoms with Gasteiger partial charge in [0.25, 0.3) is 5.91 Å². The van der Waals surface area contributed by atoms with Crippen LogP contribution in [-0.2, 0) is 0 Å². The maximum atomic E-state index is 11.9. The summed E-state index contributed by atoms with van der Waals surface area (Å²) >= 11 is 4.70. The molecule has 0 bridgehead atoms. The number of nitrogens with one attached hydrogen (secondary N) is 1. The van der Waals surface area contributed by atoms with Gasteiger partial charge in [-0.2, -0.15) is 0 Å². The molecule has 0 aliphatic rings. The summed E-state index contributed by atoms with van der Waals surface area (Å²) in [6, 6.07) is 5.65. The third kappa shape index (κ3) is 2.92. The second-order valence-corrected chi connectivity index (χ2v) is 6.13. The molecule has 1 N–H and O–H groups in total. The average Bonchev–Trinajstić information content (AvgIpc) is 2.68. The number of hydrogen-bond donors (Lipinski definition) is 1. The summed E-state index contributed by atoms with van der Waals surface area (Å²) in [6.07, 6.45) is 1.67. The molecular formula is C12H11BrN2OS. The molecule has 1 heterocycles. The van der Waals surface area contributed by atoms with Crippen LogP contribution in [0, 0.1) is 13.8 Å². The van der Waals surface area contributed by atoms with Crippen LogP contribution in [0.1, 0.15) is 21.5 Å². The highest BCUT2D eigenvalue weighted by Crippen LogP contribution is 2.23. The number of nitrogens with zero attached hydrogens (tertiary/aromatic N) is 1. The molecule has 0 spiro atoms. The van der Waals surface area contributed by atoms with Gasteiger partial charge in [0.05, 0.1) is 9.98 Å². The Bertz CT molecular complexity index is 565. The number of carbonyl (C=O) groups excluding carboxylic acids is 1. The Kier molecular flexibility index (Phi) is 3.59. The minimum absolute atomic E-state index is 0.130. The minimum Gasteiger partial charge on any atom is -0.298 e. The Morgan fingerprint density at radius 3 is 2.71 bits per heavy atom. The second-order valence-electron chi connectivity index (χ2n) is 3.72. The summed E-state index contributed by atoms with van der Waals surface area (Å²) in [5.41, 5.74) is 2.94. The molecule has 0 radical (unpaired) electrons. The van der Waals surface area contributed by atoms with Crippen LogP contribution in [0.4, 0.5) is 5.13 Å². The zero-order chi connectivity index (χ0) is 12.4. The molecule has 0 saturated carbocycles. The van der Waals surface area contributed by atoms with Gasteiger partial charge in [0.2, 0.25) is 0 Å². The number of carbonyl (C=O) groups is 1. The lowest BCUT2D eigenvalue weighted by molar-refractivity contribution is 0.102. The number of anilines is 1. The molecular weight excluding hydrogens is 300 g/mol. The van der Waals surface area contributed by atoms with Gasteiger partial charge in [-0.1, -0.05) is 17.4 Å². The van der Waals surface area contributed by atoms with Crippen LogP contribution >= 0.6 is 27.3 Å². The van der Waals surface area contributed by atoms with Gasteiger partial charge in [0, 0.05) is 5.56 Å². The van der Waals surface area contributed by atoms with E-state index in [-0.39, 0.29) is 5.91 Å². The standard InChI is InChI=1S/C12H11BrN2OS/c1-7-3-4-9(5-8(7)2)11(16)15-12-14-6-10(13)17-12/h3-6H,1-2H3,(H,14,15,16). The fraction of sp³-hybridized carbons (Fsp3) is 0.167. The van der Waals surface area contributed by atoms with Crippen molar-refractivity contribution < 1.29 is 4.79 Å². The molecule has 2 rings (SSSR count). The molecule has 3 nitrogen and oxygen atoms in total. The second kappa shape index (κ2) is 4.98. The fourth-order valence-corrected chi connectivity index (χ4v) is 2.47. The largest absolute Gasteiger partial charge is 0.298 e. The van der Waals surface area contributed by atoms with Gasteiger partial charge in [-0.05, 0) is 53.0 Å². The predicted octanol–water partition coefficient (Wildman–Crippen LogP) is 3.77. The van der Waals surface area contributed by atoms with E-state index in [9.17, 15) is 4.79 Å². The van der Waals surface area contributed by atoms with Crippen molar-refractivity contribution in [2.75, 3.05) is 5.32 Å². The summed E-state index contributed by atoms with van der Waals surface area (Å²) < 4.78 is 0.896. The summed E-state index contributed by atoms with van der Waals surface area (Å²) in [7, 11) is 0. The van der Waals surface area contributed by atoms with E-state index in [1.807, 2.05) is 32.0 Å². The summed E-state index contributed by atoms with van der Waals surface area (Å²) in [5, 5.41) is 3.36. The molecule has 0 aliphatic heterocycles. The monoisotopic (exact) mass is 310 g/mol. The van der Waals surface area contributed by atoms with Crippen LogP contribution in [0.3, 0.4) is 0 Å². The Hall–Kier alpha value is -1.20. The molecule has 0 saturated heterocycles. The van der Waals surface area contributed by atoms with Crippen molar-refractivity contribution in [3.05, 3.63) is 44.9 Å². The lowest BCUT2D eigenvalue weighted by Crippen LogP contribution is -2.11. The van der Waals surface area contributed by atoms with Gasteiger partial charge in [-0.15, -0.1) is 0 Å². The minimum atomic E-state index is -0.130. The highest BCUT2D eigenvalue weighted by molar-refractivity contribution is 9.11. The number of thiazole rings is 1. The van der Waals surface area contributed by atoms with Crippen LogP contribution < -0.4 is 5.32 Å². The van der Waals surface area contributed by atoms with Gasteiger partial charge in [-0.3, -0.25) is 10.1 Å². The van der Waals surface area contributed by atoms with E-state index in [0.29, 0.717) is 10.7 Å². The molecule has 0 fully saturated rings. The average molecular weight is 311 g/mol. The Labute approximate surface area is 112 Å². The van der Waals surface area contributed by atoms with Gasteiger partial charge in [0.1, 0.15) is 0 Å². The molecule has 0 unspecified atom stereocenters. The van der Waals surface area contributed by atoms with Gasteiger partial charge < -0.3 is 0 Å². The maximum absolute atomic E-state index is 11.9. The van der Waals surface area contributed by atoms with Gasteiger partial charge in [0.15, 0.2) is 5.13 Å². The number of aromatic nitrogens is 1. The van der Waals surface area contributed by atoms with Crippen LogP contribution in [-0.4, -0.2) is 10.9 Å². The molecule has 2 aromatic rings. The third-order valence-corrected chi connectivity index (χ3v) is 3.86. The topological polar surface area (TPSA) is 42.0 Å². The molecule has 88 valence electrons. The van der Waals surface area contributed by atoms with Crippen LogP contribution in [0.25, 0.3) is 0 Å². The van der Waals surface area contributed by atoms with Crippen molar-refractivity contribution in [3.63, 3.8) is 0 Å². The highest BCUT2D eigenvalue weighted by atomic mass is 79.9. The van der Waals surface area contributed by atoms with E-state index in [0.717, 1.165) is 9.35 Å². The maximum Gasteiger partial charge on any atom is 0.257 e. The lowest BCUT2D eigenvalue weighted by Gasteiger charge is -2.04. The molecule has 0 atom stereocenters. The molecule has 1 amide bonds. The molecule has 0 aliphatic carbocycles. The Morgan fingerprint density at radius 1 is 1.35 bits per heavy atom. The number of rotatable bonds is 2. The first-order valence-corrected chi connectivity index (χ1v) is 6.67. The summed E-state index contributed by atoms with van der Waals surface area (Å²) in [5.74, 6) is -0.130. The number of aryl methyl sites for hydroxylation is 2. The zero-order valence-electron chi connectivity index (χ0n) is 9.45. The van der Waals surface area contributed by atoms with Gasteiger partial charge >= 0.3 is 0 Å². The number of hydrogen-bond acceptors (Lipinski definition) is 3. The van der Waals surface area contributed by atoms with Crippen molar-refractivity contribution >= 4 is 38.3 Å². The van der Waals surface area contributed by atoms with Crippen molar-refractivity contribution in [1.29, 1.82) is 0 Å². The Morgan fingerprint density at radius 2 is 2.12 bits per heavy atom. The lowest BCUT2D eigenvalue weighted by atomic mass is 10.1. The molecule has 1 aromatic carbocycles. The molecule has 5 heteroatoms. The first-order valence-electron chi connectivity index (χ1n) is 5.06. The van der Waals surface area contributed by atoms with Crippen LogP contribution in [0.15, 0.2) is 28.2 Å². The Balaban J connectivity index is 2.17. The zero-order valence-corrected chi connectivity index (χ0v) is 11.9. The van der Waals surface area contributed by atoms with E-state index in [2.05, 4.69) is 26.2 Å². The van der Waals surface area contributed by atoms with E-state index < -0.39 is 0 Å². The van der Waals surface area contributed by atoms with E-state index >= 15 is 0 Å². The van der Waals surface area contributed by atoms with E-state index in [1.165, 1.54) is 16.9 Å².